The summed E-state index contributed by atoms with van der Waals surface area (Å²) in [6, 6.07) is 13.7. The second-order valence-corrected chi connectivity index (χ2v) is 9.91. The summed E-state index contributed by atoms with van der Waals surface area (Å²) in [5.41, 5.74) is 3.66. The number of hydrogen-bond acceptors (Lipinski definition) is 6. The van der Waals surface area contributed by atoms with E-state index in [1.165, 1.54) is 23.1 Å². The maximum absolute atomic E-state index is 13.1. The van der Waals surface area contributed by atoms with E-state index in [1.54, 1.807) is 6.20 Å². The van der Waals surface area contributed by atoms with E-state index in [2.05, 4.69) is 15.0 Å². The molecule has 4 aromatic rings. The Morgan fingerprint density at radius 3 is 2.94 bits per heavy atom. The van der Waals surface area contributed by atoms with Gasteiger partial charge in [-0.05, 0) is 37.5 Å². The van der Waals surface area contributed by atoms with Crippen molar-refractivity contribution < 1.29 is 4.79 Å². The van der Waals surface area contributed by atoms with Gasteiger partial charge >= 0.3 is 0 Å². The van der Waals surface area contributed by atoms with Crippen molar-refractivity contribution in [1.82, 2.24) is 15.0 Å². The smallest absolute Gasteiger partial charge is 0.260 e. The van der Waals surface area contributed by atoms with Crippen molar-refractivity contribution in [2.45, 2.75) is 30.8 Å². The first-order valence-corrected chi connectivity index (χ1v) is 12.5. The van der Waals surface area contributed by atoms with Crippen molar-refractivity contribution in [3.05, 3.63) is 75.9 Å². The number of carbonyl (C=O) groups excluding carboxylic acids is 1. The summed E-state index contributed by atoms with van der Waals surface area (Å²) in [4.78, 5) is 40.5. The second-order valence-electron chi connectivity index (χ2n) is 7.72. The summed E-state index contributed by atoms with van der Waals surface area (Å²) >= 11 is 2.96. The molecular formula is C24H22N4O2S2. The number of thioether (sulfide) groups is 1. The highest BCUT2D eigenvalue weighted by Crippen LogP contribution is 2.31. The SMILES string of the molecule is CC(SCc1nc2scc(-c3ccccc3)c2c(=O)[nH]1)C(=O)N1CCCc2ncccc21. The molecule has 0 spiro atoms. The highest BCUT2D eigenvalue weighted by molar-refractivity contribution is 7.99. The van der Waals surface area contributed by atoms with Gasteiger partial charge < -0.3 is 9.88 Å². The largest absolute Gasteiger partial charge is 0.310 e. The lowest BCUT2D eigenvalue weighted by molar-refractivity contribution is -0.117. The first-order valence-electron chi connectivity index (χ1n) is 10.5. The molecule has 5 rings (SSSR count). The Hall–Kier alpha value is -2.97. The summed E-state index contributed by atoms with van der Waals surface area (Å²) in [5, 5.41) is 2.34. The number of aromatic amines is 1. The first-order chi connectivity index (χ1) is 15.6. The molecule has 0 saturated carbocycles. The zero-order valence-corrected chi connectivity index (χ0v) is 19.2. The van der Waals surface area contributed by atoms with Crippen molar-refractivity contribution in [3.63, 3.8) is 0 Å². The maximum atomic E-state index is 13.1. The van der Waals surface area contributed by atoms with Crippen LogP contribution in [0.4, 0.5) is 5.69 Å². The highest BCUT2D eigenvalue weighted by atomic mass is 32.2. The van der Waals surface area contributed by atoms with E-state index in [1.807, 2.05) is 59.7 Å². The summed E-state index contributed by atoms with van der Waals surface area (Å²) < 4.78 is 0. The molecule has 3 aromatic heterocycles. The molecule has 32 heavy (non-hydrogen) atoms. The fourth-order valence-electron chi connectivity index (χ4n) is 4.01. The van der Waals surface area contributed by atoms with Crippen LogP contribution in [0.25, 0.3) is 21.3 Å². The number of fused-ring (bicyclic) bond motifs is 2. The number of rotatable bonds is 5. The minimum Gasteiger partial charge on any atom is -0.310 e. The van der Waals surface area contributed by atoms with Crippen molar-refractivity contribution in [3.8, 4) is 11.1 Å². The molecule has 1 atom stereocenters. The predicted octanol–water partition coefficient (Wildman–Crippen LogP) is 4.65. The number of aromatic nitrogens is 3. The van der Waals surface area contributed by atoms with E-state index in [-0.39, 0.29) is 16.7 Å². The van der Waals surface area contributed by atoms with Crippen molar-refractivity contribution in [2.75, 3.05) is 11.4 Å². The van der Waals surface area contributed by atoms with E-state index in [0.717, 1.165) is 40.2 Å². The van der Waals surface area contributed by atoms with E-state index in [4.69, 9.17) is 0 Å². The van der Waals surface area contributed by atoms with E-state index >= 15 is 0 Å². The normalized spacial score (nSPS) is 14.3. The highest BCUT2D eigenvalue weighted by Gasteiger charge is 2.27. The Morgan fingerprint density at radius 2 is 2.09 bits per heavy atom. The minimum absolute atomic E-state index is 0.0647. The van der Waals surface area contributed by atoms with Gasteiger partial charge in [0.05, 0.1) is 27.8 Å². The zero-order valence-electron chi connectivity index (χ0n) is 17.6. The lowest BCUT2D eigenvalue weighted by Gasteiger charge is -2.30. The fraction of sp³-hybridized carbons (Fsp3) is 0.250. The first kappa shape index (κ1) is 20.9. The van der Waals surface area contributed by atoms with Crippen LogP contribution in [-0.2, 0) is 17.0 Å². The van der Waals surface area contributed by atoms with Crippen LogP contribution in [0.2, 0.25) is 0 Å². The standard InChI is InChI=1S/C24H22N4O2S2/c1-15(24(30)28-12-6-9-18-19(28)10-5-11-25-18)31-14-20-26-22(29)21-17(13-32-23(21)27-20)16-7-3-2-4-8-16/h2-5,7-8,10-11,13,15H,6,9,12,14H2,1H3,(H,26,27,29). The number of thiophene rings is 1. The molecule has 0 saturated heterocycles. The Bertz CT molecular complexity index is 1330. The molecule has 1 aromatic carbocycles. The van der Waals surface area contributed by atoms with Gasteiger partial charge in [0.15, 0.2) is 0 Å². The molecule has 1 N–H and O–H groups in total. The monoisotopic (exact) mass is 462 g/mol. The van der Waals surface area contributed by atoms with Crippen LogP contribution >= 0.6 is 23.1 Å². The number of H-pyrrole nitrogens is 1. The summed E-state index contributed by atoms with van der Waals surface area (Å²) in [6.07, 6.45) is 3.59. The Labute approximate surface area is 193 Å². The third kappa shape index (κ3) is 3.96. The van der Waals surface area contributed by atoms with Gasteiger partial charge in [-0.2, -0.15) is 0 Å². The molecule has 0 fully saturated rings. The lowest BCUT2D eigenvalue weighted by atomic mass is 10.1. The summed E-state index contributed by atoms with van der Waals surface area (Å²) in [6.45, 7) is 2.62. The topological polar surface area (TPSA) is 79.0 Å². The van der Waals surface area contributed by atoms with E-state index < -0.39 is 0 Å². The number of hydrogen-bond donors (Lipinski definition) is 1. The molecule has 0 bridgehead atoms. The number of pyridine rings is 1. The lowest BCUT2D eigenvalue weighted by Crippen LogP contribution is -2.40. The summed E-state index contributed by atoms with van der Waals surface area (Å²) in [5.74, 6) is 1.12. The van der Waals surface area contributed by atoms with Crippen molar-refractivity contribution >= 4 is 44.9 Å². The number of nitrogens with one attached hydrogen (secondary N) is 1. The van der Waals surface area contributed by atoms with Crippen LogP contribution < -0.4 is 10.5 Å². The van der Waals surface area contributed by atoms with Gasteiger partial charge in [0, 0.05) is 23.7 Å². The average molecular weight is 463 g/mol. The zero-order chi connectivity index (χ0) is 22.1. The van der Waals surface area contributed by atoms with Crippen LogP contribution in [0.1, 0.15) is 24.9 Å². The van der Waals surface area contributed by atoms with Gasteiger partial charge in [0.1, 0.15) is 10.7 Å². The molecule has 1 amide bonds. The van der Waals surface area contributed by atoms with Gasteiger partial charge in [0.2, 0.25) is 5.91 Å². The number of carbonyl (C=O) groups is 1. The molecule has 0 radical (unpaired) electrons. The number of anilines is 1. The van der Waals surface area contributed by atoms with Crippen LogP contribution in [0.3, 0.4) is 0 Å². The molecule has 8 heteroatoms. The Morgan fingerprint density at radius 1 is 1.25 bits per heavy atom. The third-order valence-corrected chi connectivity index (χ3v) is 7.63. The van der Waals surface area contributed by atoms with Crippen LogP contribution in [0.15, 0.2) is 58.8 Å². The fourth-order valence-corrected chi connectivity index (χ4v) is 5.79. The van der Waals surface area contributed by atoms with Gasteiger partial charge in [-0.15, -0.1) is 23.1 Å². The number of amides is 1. The molecule has 1 aliphatic heterocycles. The van der Waals surface area contributed by atoms with Gasteiger partial charge in [-0.1, -0.05) is 30.3 Å². The molecule has 162 valence electrons. The molecule has 6 nitrogen and oxygen atoms in total. The van der Waals surface area contributed by atoms with Crippen molar-refractivity contribution in [2.24, 2.45) is 0 Å². The van der Waals surface area contributed by atoms with Gasteiger partial charge in [0.25, 0.3) is 5.56 Å². The summed E-state index contributed by atoms with van der Waals surface area (Å²) in [7, 11) is 0. The molecule has 0 aliphatic carbocycles. The van der Waals surface area contributed by atoms with Crippen LogP contribution in [0.5, 0.6) is 0 Å². The minimum atomic E-state index is -0.259. The van der Waals surface area contributed by atoms with Crippen LogP contribution in [-0.4, -0.2) is 32.7 Å². The van der Waals surface area contributed by atoms with Crippen molar-refractivity contribution in [1.29, 1.82) is 0 Å². The van der Waals surface area contributed by atoms with Gasteiger partial charge in [-0.3, -0.25) is 14.6 Å². The van der Waals surface area contributed by atoms with E-state index in [9.17, 15) is 9.59 Å². The molecule has 1 unspecified atom stereocenters. The predicted molar refractivity (Wildman–Crippen MR) is 131 cm³/mol. The third-order valence-electron chi connectivity index (χ3n) is 5.61. The Balaban J connectivity index is 1.32. The number of nitrogens with zero attached hydrogens (tertiary/aromatic N) is 3. The van der Waals surface area contributed by atoms with E-state index in [0.29, 0.717) is 23.5 Å². The molecule has 1 aliphatic rings. The average Bonchev–Trinajstić information content (AvgIpc) is 3.27. The quantitative estimate of drug-likeness (QED) is 0.467. The molecule has 4 heterocycles. The van der Waals surface area contributed by atoms with Gasteiger partial charge in [-0.25, -0.2) is 4.98 Å². The second kappa shape index (κ2) is 8.88. The maximum Gasteiger partial charge on any atom is 0.260 e. The Kier molecular flexibility index (Phi) is 5.80. The van der Waals surface area contributed by atoms with Crippen LogP contribution in [0, 0.1) is 0 Å². The number of benzene rings is 1. The number of aryl methyl sites for hydroxylation is 1. The molecular weight excluding hydrogens is 440 g/mol.